The summed E-state index contributed by atoms with van der Waals surface area (Å²) in [5.41, 5.74) is 0.815. The molecule has 8 nitrogen and oxygen atoms in total. The Kier molecular flexibility index (Phi) is 10.6. The van der Waals surface area contributed by atoms with Gasteiger partial charge in [-0.2, -0.15) is 0 Å². The summed E-state index contributed by atoms with van der Waals surface area (Å²) in [5.74, 6) is -1.32. The lowest BCUT2D eigenvalue weighted by molar-refractivity contribution is -0.145. The molecule has 0 aromatic heterocycles. The molecule has 2 N–H and O–H groups in total. The Labute approximate surface area is 196 Å². The lowest BCUT2D eigenvalue weighted by Crippen LogP contribution is -2.54. The molecule has 0 aliphatic heterocycles. The number of benzene rings is 2. The molecule has 33 heavy (non-hydrogen) atoms. The molecule has 0 bridgehead atoms. The van der Waals surface area contributed by atoms with Gasteiger partial charge in [0.25, 0.3) is 0 Å². The first-order valence-corrected chi connectivity index (χ1v) is 11.9. The molecule has 2 aromatic carbocycles. The number of rotatable bonds is 11. The second-order valence-electron chi connectivity index (χ2n) is 7.66. The maximum atomic E-state index is 12.9. The minimum absolute atomic E-state index is 0.0647. The van der Waals surface area contributed by atoms with Gasteiger partial charge in [0.1, 0.15) is 18.7 Å². The number of nitrogens with one attached hydrogen (secondary N) is 2. The average molecular weight is 475 g/mol. The van der Waals surface area contributed by atoms with E-state index >= 15 is 0 Å². The van der Waals surface area contributed by atoms with Gasteiger partial charge in [-0.05, 0) is 30.0 Å². The largest absolute Gasteiger partial charge is 0.467 e. The molecule has 0 fully saturated rings. The van der Waals surface area contributed by atoms with Crippen LogP contribution < -0.4 is 10.6 Å². The molecule has 0 aliphatic rings. The topological polar surface area (TPSA) is 111 Å². The number of hydrogen-bond donors (Lipinski definition) is 2. The lowest BCUT2D eigenvalue weighted by atomic mass is 10.0. The van der Waals surface area contributed by atoms with Crippen molar-refractivity contribution in [2.75, 3.05) is 12.9 Å². The summed E-state index contributed by atoms with van der Waals surface area (Å²) >= 11 is 0. The summed E-state index contributed by atoms with van der Waals surface area (Å²) in [4.78, 5) is 38.0. The zero-order valence-corrected chi connectivity index (χ0v) is 19.8. The molecule has 178 valence electrons. The van der Waals surface area contributed by atoms with E-state index in [1.54, 1.807) is 38.1 Å². The van der Waals surface area contributed by atoms with Crippen LogP contribution in [-0.4, -0.2) is 47.1 Å². The van der Waals surface area contributed by atoms with Crippen molar-refractivity contribution < 1.29 is 28.1 Å². The smallest absolute Gasteiger partial charge is 0.408 e. The van der Waals surface area contributed by atoms with E-state index in [1.807, 2.05) is 36.4 Å². The number of hydrogen-bond acceptors (Lipinski definition) is 6. The van der Waals surface area contributed by atoms with Gasteiger partial charge < -0.3 is 20.1 Å². The van der Waals surface area contributed by atoms with Crippen molar-refractivity contribution in [2.45, 2.75) is 43.9 Å². The molecule has 0 radical (unpaired) electrons. The maximum Gasteiger partial charge on any atom is 0.408 e. The molecule has 2 aromatic rings. The van der Waals surface area contributed by atoms with Crippen LogP contribution in [0.5, 0.6) is 0 Å². The summed E-state index contributed by atoms with van der Waals surface area (Å²) in [5, 5.41) is 5.17. The quantitative estimate of drug-likeness (QED) is 0.485. The van der Waals surface area contributed by atoms with E-state index in [2.05, 4.69) is 10.6 Å². The van der Waals surface area contributed by atoms with Crippen molar-refractivity contribution >= 4 is 28.8 Å². The molecule has 0 heterocycles. The van der Waals surface area contributed by atoms with Gasteiger partial charge in [0, 0.05) is 10.6 Å². The van der Waals surface area contributed by atoms with E-state index in [4.69, 9.17) is 9.47 Å². The first kappa shape index (κ1) is 26.1. The zero-order chi connectivity index (χ0) is 24.2. The van der Waals surface area contributed by atoms with E-state index in [0.717, 1.165) is 5.56 Å². The number of ether oxygens (including phenoxy) is 2. The van der Waals surface area contributed by atoms with Crippen LogP contribution in [0.2, 0.25) is 0 Å². The summed E-state index contributed by atoms with van der Waals surface area (Å²) in [6, 6.07) is 16.1. The van der Waals surface area contributed by atoms with Crippen LogP contribution in [0, 0.1) is 5.92 Å². The Balaban J connectivity index is 1.96. The SMILES string of the molecule is COC(=O)[C@H](CC[S@](=O)c1ccccc1)NC(=O)[C@H](NC(=O)OCc1ccccc1)C(C)C. The fraction of sp³-hybridized carbons (Fsp3) is 0.375. The number of esters is 1. The van der Waals surface area contributed by atoms with Crippen molar-refractivity contribution in [1.29, 1.82) is 0 Å². The van der Waals surface area contributed by atoms with Gasteiger partial charge >= 0.3 is 12.1 Å². The number of carbonyl (C=O) groups is 3. The second-order valence-corrected chi connectivity index (χ2v) is 9.23. The van der Waals surface area contributed by atoms with E-state index < -0.39 is 40.9 Å². The first-order valence-electron chi connectivity index (χ1n) is 10.6. The number of amides is 2. The van der Waals surface area contributed by atoms with Crippen molar-refractivity contribution in [2.24, 2.45) is 5.92 Å². The number of carbonyl (C=O) groups excluding carboxylic acids is 3. The van der Waals surface area contributed by atoms with Crippen molar-refractivity contribution in [1.82, 2.24) is 10.6 Å². The van der Waals surface area contributed by atoms with Gasteiger partial charge in [-0.3, -0.25) is 9.00 Å². The van der Waals surface area contributed by atoms with E-state index in [-0.39, 0.29) is 24.7 Å². The molecule has 2 amide bonds. The minimum Gasteiger partial charge on any atom is -0.467 e. The molecule has 0 unspecified atom stereocenters. The Morgan fingerprint density at radius 2 is 1.55 bits per heavy atom. The molecule has 0 saturated carbocycles. The van der Waals surface area contributed by atoms with E-state index in [9.17, 15) is 18.6 Å². The Bertz CT molecular complexity index is 936. The van der Waals surface area contributed by atoms with Crippen LogP contribution in [0.1, 0.15) is 25.8 Å². The summed E-state index contributed by atoms with van der Waals surface area (Å²) in [6.07, 6.45) is -0.629. The van der Waals surface area contributed by atoms with Crippen LogP contribution in [0.15, 0.2) is 65.6 Å². The highest BCUT2D eigenvalue weighted by Gasteiger charge is 2.30. The predicted molar refractivity (Wildman–Crippen MR) is 125 cm³/mol. The molecule has 2 rings (SSSR count). The van der Waals surface area contributed by atoms with Crippen LogP contribution in [0.4, 0.5) is 4.79 Å². The van der Waals surface area contributed by atoms with Gasteiger partial charge in [0.15, 0.2) is 0 Å². The summed E-state index contributed by atoms with van der Waals surface area (Å²) in [6.45, 7) is 3.59. The molecule has 0 spiro atoms. The predicted octanol–water partition coefficient (Wildman–Crippen LogP) is 2.79. The fourth-order valence-corrected chi connectivity index (χ4v) is 4.14. The highest BCUT2D eigenvalue weighted by Crippen LogP contribution is 2.10. The standard InChI is InChI=1S/C24H30N2O6S/c1-17(2)21(26-24(29)32-16-18-10-6-4-7-11-18)22(27)25-20(23(28)31-3)14-15-33(30)19-12-8-5-9-13-19/h4-13,17,20-21H,14-16H2,1-3H3,(H,25,27)(H,26,29)/t20-,21+,33-/m0/s1. The van der Waals surface area contributed by atoms with Gasteiger partial charge in [-0.1, -0.05) is 62.4 Å². The van der Waals surface area contributed by atoms with E-state index in [0.29, 0.717) is 4.90 Å². The molecular weight excluding hydrogens is 444 g/mol. The molecule has 0 aliphatic carbocycles. The Morgan fingerprint density at radius 1 is 0.939 bits per heavy atom. The zero-order valence-electron chi connectivity index (χ0n) is 19.0. The highest BCUT2D eigenvalue weighted by atomic mass is 32.2. The van der Waals surface area contributed by atoms with Crippen molar-refractivity contribution in [3.8, 4) is 0 Å². The number of methoxy groups -OCH3 is 1. The van der Waals surface area contributed by atoms with Crippen molar-refractivity contribution in [3.63, 3.8) is 0 Å². The molecular formula is C24H30N2O6S. The van der Waals surface area contributed by atoms with Gasteiger partial charge in [-0.15, -0.1) is 0 Å². The highest BCUT2D eigenvalue weighted by molar-refractivity contribution is 7.85. The summed E-state index contributed by atoms with van der Waals surface area (Å²) in [7, 11) is -0.119. The van der Waals surface area contributed by atoms with Crippen LogP contribution >= 0.6 is 0 Å². The van der Waals surface area contributed by atoms with E-state index in [1.165, 1.54) is 7.11 Å². The fourth-order valence-electron chi connectivity index (χ4n) is 2.99. The third kappa shape index (κ3) is 8.69. The normalized spacial score (nSPS) is 13.5. The van der Waals surface area contributed by atoms with Crippen LogP contribution in [0.3, 0.4) is 0 Å². The molecule has 0 saturated heterocycles. The van der Waals surface area contributed by atoms with Gasteiger partial charge in [0.05, 0.1) is 17.9 Å². The third-order valence-electron chi connectivity index (χ3n) is 4.84. The monoisotopic (exact) mass is 474 g/mol. The maximum absolute atomic E-state index is 12.9. The van der Waals surface area contributed by atoms with Crippen LogP contribution in [0.25, 0.3) is 0 Å². The summed E-state index contributed by atoms with van der Waals surface area (Å²) < 4.78 is 22.5. The number of alkyl carbamates (subject to hydrolysis) is 1. The molecule has 3 atom stereocenters. The minimum atomic E-state index is -1.34. The average Bonchev–Trinajstić information content (AvgIpc) is 2.83. The Hall–Kier alpha value is -3.20. The Morgan fingerprint density at radius 3 is 2.12 bits per heavy atom. The van der Waals surface area contributed by atoms with Gasteiger partial charge in [0.2, 0.25) is 5.91 Å². The first-order chi connectivity index (χ1) is 15.8. The van der Waals surface area contributed by atoms with Gasteiger partial charge in [-0.25, -0.2) is 9.59 Å². The van der Waals surface area contributed by atoms with Crippen molar-refractivity contribution in [3.05, 3.63) is 66.2 Å². The third-order valence-corrected chi connectivity index (χ3v) is 6.24. The van der Waals surface area contributed by atoms with Crippen LogP contribution in [-0.2, 0) is 36.5 Å². The molecule has 9 heteroatoms. The lowest BCUT2D eigenvalue weighted by Gasteiger charge is -2.24. The second kappa shape index (κ2) is 13.4.